The Morgan fingerprint density at radius 2 is 1.58 bits per heavy atom. The number of aliphatic hydroxyl groups is 2. The van der Waals surface area contributed by atoms with Crippen LogP contribution in [-0.4, -0.2) is 34.6 Å². The molecule has 2 N–H and O–H groups in total. The first kappa shape index (κ1) is 18.2. The highest BCUT2D eigenvalue weighted by Crippen LogP contribution is 2.46. The molecule has 2 aromatic carbocycles. The molecule has 7 heteroatoms. The first-order valence-corrected chi connectivity index (χ1v) is 9.41. The molecule has 0 unspecified atom stereocenters. The molecule has 126 valence electrons. The summed E-state index contributed by atoms with van der Waals surface area (Å²) < 4.78 is 13.8. The summed E-state index contributed by atoms with van der Waals surface area (Å²) in [4.78, 5) is 2.59. The van der Waals surface area contributed by atoms with Gasteiger partial charge in [-0.15, -0.1) is 0 Å². The van der Waals surface area contributed by atoms with Crippen LogP contribution in [0.25, 0.3) is 10.4 Å². The van der Waals surface area contributed by atoms with Gasteiger partial charge in [0, 0.05) is 21.7 Å². The van der Waals surface area contributed by atoms with E-state index in [1.54, 1.807) is 48.5 Å². The number of aliphatic hydroxyl groups excluding tert-OH is 1. The van der Waals surface area contributed by atoms with Gasteiger partial charge in [0.1, 0.15) is 7.14 Å². The van der Waals surface area contributed by atoms with Crippen LogP contribution in [0.1, 0.15) is 6.92 Å². The van der Waals surface area contributed by atoms with Crippen molar-refractivity contribution in [2.45, 2.75) is 18.6 Å². The van der Waals surface area contributed by atoms with E-state index in [9.17, 15) is 14.8 Å². The van der Waals surface area contributed by atoms with Gasteiger partial charge < -0.3 is 14.8 Å². The summed E-state index contributed by atoms with van der Waals surface area (Å²) in [6.07, 6.45) is -1.47. The van der Waals surface area contributed by atoms with Crippen molar-refractivity contribution >= 4 is 17.8 Å². The van der Waals surface area contributed by atoms with Gasteiger partial charge in [0.25, 0.3) is 0 Å². The maximum absolute atomic E-state index is 13.8. The lowest BCUT2D eigenvalue weighted by atomic mass is 10.0. The Morgan fingerprint density at radius 1 is 1.12 bits per heavy atom. The van der Waals surface area contributed by atoms with Crippen molar-refractivity contribution in [3.8, 4) is 0 Å². The van der Waals surface area contributed by atoms with Crippen molar-refractivity contribution in [3.63, 3.8) is 0 Å². The van der Waals surface area contributed by atoms with Gasteiger partial charge in [-0.3, -0.25) is 0 Å². The molecule has 2 rings (SSSR count). The second kappa shape index (κ2) is 7.65. The minimum absolute atomic E-state index is 0.157. The largest absolute Gasteiger partial charge is 0.390 e. The summed E-state index contributed by atoms with van der Waals surface area (Å²) in [7, 11) is -3.18. The summed E-state index contributed by atoms with van der Waals surface area (Å²) in [5, 5.41) is 25.3. The number of hydrogen-bond donors (Lipinski definition) is 2. The Balaban J connectivity index is 2.45. The van der Waals surface area contributed by atoms with Crippen molar-refractivity contribution in [1.82, 2.24) is 0 Å². The third-order valence-electron chi connectivity index (χ3n) is 3.93. The maximum Gasteiger partial charge on any atom is 0.146 e. The smallest absolute Gasteiger partial charge is 0.146 e. The zero-order valence-electron chi connectivity index (χ0n) is 13.4. The summed E-state index contributed by atoms with van der Waals surface area (Å²) >= 11 is 0. The van der Waals surface area contributed by atoms with Gasteiger partial charge in [0.15, 0.2) is 0 Å². The Bertz CT molecular complexity index is 716. The van der Waals surface area contributed by atoms with Gasteiger partial charge in [0.05, 0.1) is 18.2 Å². The third kappa shape index (κ3) is 4.05. The van der Waals surface area contributed by atoms with Crippen LogP contribution in [0.2, 0.25) is 0 Å². The Hall–Kier alpha value is -2.10. The van der Waals surface area contributed by atoms with Crippen molar-refractivity contribution < 1.29 is 14.8 Å². The third-order valence-corrected chi connectivity index (χ3v) is 7.28. The summed E-state index contributed by atoms with van der Waals surface area (Å²) in [6, 6.07) is 17.8. The first-order chi connectivity index (χ1) is 11.4. The predicted octanol–water partition coefficient (Wildman–Crippen LogP) is 2.42. The topological polar surface area (TPSA) is 106 Å². The van der Waals surface area contributed by atoms with Crippen LogP contribution in [0, 0.1) is 0 Å². The SMILES string of the molecule is C[C@](O)(CP(=O)(c1ccccc1)c1ccccc1)[C@@H](O)CN=[N+]=[N-]. The second-order valence-electron chi connectivity index (χ2n) is 5.86. The minimum atomic E-state index is -3.18. The van der Waals surface area contributed by atoms with Gasteiger partial charge in [-0.05, 0) is 12.5 Å². The van der Waals surface area contributed by atoms with Crippen molar-refractivity contribution in [2.24, 2.45) is 5.11 Å². The summed E-state index contributed by atoms with van der Waals surface area (Å²) in [5.74, 6) is 0. The highest BCUT2D eigenvalue weighted by atomic mass is 31.2. The first-order valence-electron chi connectivity index (χ1n) is 7.52. The molecule has 24 heavy (non-hydrogen) atoms. The molecule has 2 atom stereocenters. The van der Waals surface area contributed by atoms with Crippen LogP contribution in [0.5, 0.6) is 0 Å². The zero-order chi connectivity index (χ0) is 17.6. The van der Waals surface area contributed by atoms with E-state index in [4.69, 9.17) is 5.53 Å². The highest BCUT2D eigenvalue weighted by Gasteiger charge is 2.40. The van der Waals surface area contributed by atoms with Crippen LogP contribution in [0.4, 0.5) is 0 Å². The van der Waals surface area contributed by atoms with Gasteiger partial charge in [0.2, 0.25) is 0 Å². The van der Waals surface area contributed by atoms with E-state index < -0.39 is 18.8 Å². The predicted molar refractivity (Wildman–Crippen MR) is 95.3 cm³/mol. The monoisotopic (exact) mass is 345 g/mol. The van der Waals surface area contributed by atoms with E-state index in [2.05, 4.69) is 10.0 Å². The zero-order valence-corrected chi connectivity index (χ0v) is 14.3. The van der Waals surface area contributed by atoms with E-state index in [-0.39, 0.29) is 12.7 Å². The fraction of sp³-hybridized carbons (Fsp3) is 0.294. The van der Waals surface area contributed by atoms with Crippen molar-refractivity contribution in [3.05, 3.63) is 71.1 Å². The lowest BCUT2D eigenvalue weighted by Crippen LogP contribution is -2.46. The molecular formula is C17H20N3O3P. The van der Waals surface area contributed by atoms with Crippen molar-refractivity contribution in [1.29, 1.82) is 0 Å². The molecule has 0 radical (unpaired) electrons. The van der Waals surface area contributed by atoms with Crippen LogP contribution in [0.15, 0.2) is 65.8 Å². The van der Waals surface area contributed by atoms with Crippen LogP contribution in [-0.2, 0) is 4.57 Å². The minimum Gasteiger partial charge on any atom is -0.390 e. The Kier molecular flexibility index (Phi) is 5.81. The van der Waals surface area contributed by atoms with Gasteiger partial charge in [-0.25, -0.2) is 0 Å². The Labute approximate surface area is 140 Å². The number of nitrogens with zero attached hydrogens (tertiary/aromatic N) is 3. The normalized spacial score (nSPS) is 15.1. The summed E-state index contributed by atoms with van der Waals surface area (Å²) in [6.45, 7) is 1.12. The molecule has 0 saturated heterocycles. The molecule has 0 aromatic heterocycles. The van der Waals surface area contributed by atoms with E-state index in [0.29, 0.717) is 10.6 Å². The molecule has 0 saturated carbocycles. The Morgan fingerprint density at radius 3 is 2.00 bits per heavy atom. The lowest BCUT2D eigenvalue weighted by molar-refractivity contribution is -0.0397. The molecule has 0 spiro atoms. The lowest BCUT2D eigenvalue weighted by Gasteiger charge is -2.32. The molecule has 0 aliphatic carbocycles. The number of benzene rings is 2. The van der Waals surface area contributed by atoms with Gasteiger partial charge >= 0.3 is 0 Å². The maximum atomic E-state index is 13.8. The highest BCUT2D eigenvalue weighted by molar-refractivity contribution is 7.78. The molecule has 6 nitrogen and oxygen atoms in total. The van der Waals surface area contributed by atoms with E-state index in [1.807, 2.05) is 12.1 Å². The van der Waals surface area contributed by atoms with Crippen LogP contribution < -0.4 is 10.6 Å². The quantitative estimate of drug-likeness (QED) is 0.348. The number of rotatable bonds is 7. The van der Waals surface area contributed by atoms with Gasteiger partial charge in [-0.2, -0.15) is 0 Å². The van der Waals surface area contributed by atoms with Gasteiger partial charge in [-0.1, -0.05) is 65.8 Å². The molecule has 0 amide bonds. The van der Waals surface area contributed by atoms with Crippen LogP contribution in [0.3, 0.4) is 0 Å². The number of azide groups is 1. The van der Waals surface area contributed by atoms with Crippen LogP contribution >= 0.6 is 7.14 Å². The van der Waals surface area contributed by atoms with Crippen molar-refractivity contribution in [2.75, 3.05) is 12.7 Å². The second-order valence-corrected chi connectivity index (χ2v) is 8.68. The average Bonchev–Trinajstić information content (AvgIpc) is 2.60. The van der Waals surface area contributed by atoms with E-state index in [1.165, 1.54) is 6.92 Å². The molecule has 0 aliphatic rings. The average molecular weight is 345 g/mol. The van der Waals surface area contributed by atoms with E-state index >= 15 is 0 Å². The van der Waals surface area contributed by atoms with E-state index in [0.717, 1.165) is 0 Å². The molecular weight excluding hydrogens is 325 g/mol. The molecule has 0 heterocycles. The number of hydrogen-bond acceptors (Lipinski definition) is 4. The fourth-order valence-electron chi connectivity index (χ4n) is 2.54. The molecule has 0 bridgehead atoms. The summed E-state index contributed by atoms with van der Waals surface area (Å²) in [5.41, 5.74) is 6.71. The standard InChI is InChI=1S/C17H20N3O3P/c1-17(22,16(21)12-19-20-18)13-24(23,14-8-4-2-5-9-14)15-10-6-3-7-11-15/h2-11,16,21-22H,12-13H2,1H3/t16-,17-/m0/s1. The molecule has 0 aliphatic heterocycles. The fourth-order valence-corrected chi connectivity index (χ4v) is 5.62. The molecule has 2 aromatic rings. The molecule has 0 fully saturated rings.